The van der Waals surface area contributed by atoms with E-state index in [4.69, 9.17) is 0 Å². The van der Waals surface area contributed by atoms with Gasteiger partial charge in [0.05, 0.1) is 0 Å². The average molecular weight is 225 g/mol. The Balaban J connectivity index is 1.88. The van der Waals surface area contributed by atoms with E-state index in [9.17, 15) is 0 Å². The zero-order chi connectivity index (χ0) is 11.7. The molecule has 2 fully saturated rings. The lowest BCUT2D eigenvalue weighted by molar-refractivity contribution is 0.120. The van der Waals surface area contributed by atoms with Gasteiger partial charge >= 0.3 is 0 Å². The fourth-order valence-electron chi connectivity index (χ4n) is 3.20. The van der Waals surface area contributed by atoms with Crippen molar-refractivity contribution in [2.24, 2.45) is 0 Å². The minimum absolute atomic E-state index is 0.650. The van der Waals surface area contributed by atoms with Crippen LogP contribution in [0.15, 0.2) is 0 Å². The van der Waals surface area contributed by atoms with Crippen LogP contribution in [0.5, 0.6) is 0 Å². The molecular formula is C13H27N3. The molecule has 2 aliphatic heterocycles. The van der Waals surface area contributed by atoms with Crippen LogP contribution in [0.3, 0.4) is 0 Å². The second-order valence-electron chi connectivity index (χ2n) is 5.95. The van der Waals surface area contributed by atoms with E-state index in [1.807, 2.05) is 0 Å². The van der Waals surface area contributed by atoms with Crippen molar-refractivity contribution in [1.29, 1.82) is 0 Å². The third kappa shape index (κ3) is 2.76. The Morgan fingerprint density at radius 1 is 1.06 bits per heavy atom. The number of nitrogens with one attached hydrogen (secondary N) is 1. The lowest BCUT2D eigenvalue weighted by Crippen LogP contribution is -2.57. The molecule has 0 radical (unpaired) electrons. The number of rotatable bonds is 2. The van der Waals surface area contributed by atoms with Gasteiger partial charge in [0, 0.05) is 50.3 Å². The second-order valence-corrected chi connectivity index (χ2v) is 5.95. The Hall–Kier alpha value is -0.120. The molecule has 0 bridgehead atoms. The quantitative estimate of drug-likeness (QED) is 0.760. The molecule has 0 saturated carbocycles. The monoisotopic (exact) mass is 225 g/mol. The van der Waals surface area contributed by atoms with Gasteiger partial charge in [0.15, 0.2) is 0 Å². The van der Waals surface area contributed by atoms with Crippen molar-refractivity contribution in [1.82, 2.24) is 15.1 Å². The van der Waals surface area contributed by atoms with Gasteiger partial charge in [0.1, 0.15) is 0 Å². The summed E-state index contributed by atoms with van der Waals surface area (Å²) < 4.78 is 0. The van der Waals surface area contributed by atoms with Crippen LogP contribution in [0.2, 0.25) is 0 Å². The van der Waals surface area contributed by atoms with Crippen LogP contribution in [-0.4, -0.2) is 60.1 Å². The fraction of sp³-hybridized carbons (Fsp3) is 1.00. The van der Waals surface area contributed by atoms with Crippen molar-refractivity contribution in [3.8, 4) is 0 Å². The molecule has 94 valence electrons. The number of hydrogen-bond acceptors (Lipinski definition) is 3. The zero-order valence-electron chi connectivity index (χ0n) is 11.2. The predicted octanol–water partition coefficient (Wildman–Crippen LogP) is 1.15. The summed E-state index contributed by atoms with van der Waals surface area (Å²) in [6, 6.07) is 2.81. The van der Waals surface area contributed by atoms with E-state index in [1.165, 1.54) is 32.6 Å². The number of piperazine rings is 1. The first-order chi connectivity index (χ1) is 7.56. The van der Waals surface area contributed by atoms with Gasteiger partial charge in [0.2, 0.25) is 0 Å². The van der Waals surface area contributed by atoms with Gasteiger partial charge in [0.25, 0.3) is 0 Å². The van der Waals surface area contributed by atoms with Crippen LogP contribution in [0.1, 0.15) is 34.1 Å². The molecule has 0 spiro atoms. The van der Waals surface area contributed by atoms with Crippen LogP contribution >= 0.6 is 0 Å². The smallest absolute Gasteiger partial charge is 0.0236 e. The lowest BCUT2D eigenvalue weighted by Gasteiger charge is -2.39. The summed E-state index contributed by atoms with van der Waals surface area (Å²) >= 11 is 0. The van der Waals surface area contributed by atoms with Gasteiger partial charge in [-0.1, -0.05) is 0 Å². The number of hydrogen-bond donors (Lipinski definition) is 1. The maximum Gasteiger partial charge on any atom is 0.0236 e. The van der Waals surface area contributed by atoms with E-state index in [0.29, 0.717) is 18.1 Å². The first kappa shape index (κ1) is 12.3. The van der Waals surface area contributed by atoms with Gasteiger partial charge < -0.3 is 5.32 Å². The topological polar surface area (TPSA) is 18.5 Å². The molecule has 2 saturated heterocycles. The third-order valence-corrected chi connectivity index (χ3v) is 4.03. The molecule has 3 atom stereocenters. The summed E-state index contributed by atoms with van der Waals surface area (Å²) in [7, 11) is 0. The molecule has 1 N–H and O–H groups in total. The van der Waals surface area contributed by atoms with Gasteiger partial charge in [-0.25, -0.2) is 0 Å². The molecule has 2 heterocycles. The predicted molar refractivity (Wildman–Crippen MR) is 68.7 cm³/mol. The Kier molecular flexibility index (Phi) is 3.88. The van der Waals surface area contributed by atoms with E-state index in [1.54, 1.807) is 0 Å². The minimum atomic E-state index is 0.650. The molecule has 0 aliphatic carbocycles. The SMILES string of the molecule is CC(C)N1CC[C@@H](N2C[C@@H](C)N[C@@H](C)C2)C1. The standard InChI is InChI=1S/C13H27N3/c1-10(2)15-6-5-13(9-15)16-7-11(3)14-12(4)8-16/h10-14H,5-9H2,1-4H3/t11-,12+,13-/m1/s1. The fourth-order valence-corrected chi connectivity index (χ4v) is 3.20. The normalized spacial score (nSPS) is 38.4. The zero-order valence-corrected chi connectivity index (χ0v) is 11.2. The first-order valence-electron chi connectivity index (χ1n) is 6.80. The Morgan fingerprint density at radius 3 is 2.19 bits per heavy atom. The van der Waals surface area contributed by atoms with Crippen LogP contribution in [0, 0.1) is 0 Å². The highest BCUT2D eigenvalue weighted by molar-refractivity contribution is 4.90. The van der Waals surface area contributed by atoms with E-state index in [2.05, 4.69) is 42.8 Å². The highest BCUT2D eigenvalue weighted by Crippen LogP contribution is 2.20. The molecule has 3 heteroatoms. The van der Waals surface area contributed by atoms with Crippen molar-refractivity contribution in [3.63, 3.8) is 0 Å². The van der Waals surface area contributed by atoms with Crippen LogP contribution in [-0.2, 0) is 0 Å². The van der Waals surface area contributed by atoms with Gasteiger partial charge in [-0.3, -0.25) is 9.80 Å². The van der Waals surface area contributed by atoms with Crippen molar-refractivity contribution < 1.29 is 0 Å². The average Bonchev–Trinajstić information content (AvgIpc) is 2.64. The third-order valence-electron chi connectivity index (χ3n) is 4.03. The number of nitrogens with zero attached hydrogens (tertiary/aromatic N) is 2. The second kappa shape index (κ2) is 5.03. The first-order valence-corrected chi connectivity index (χ1v) is 6.80. The maximum absolute atomic E-state index is 3.61. The van der Waals surface area contributed by atoms with Gasteiger partial charge in [-0.05, 0) is 34.1 Å². The summed E-state index contributed by atoms with van der Waals surface area (Å²) in [6.07, 6.45) is 1.36. The molecule has 0 amide bonds. The Labute approximate surface area is 100 Å². The Bertz CT molecular complexity index is 219. The molecule has 0 aromatic heterocycles. The molecule has 0 aromatic rings. The summed E-state index contributed by atoms with van der Waals surface area (Å²) in [4.78, 5) is 5.32. The Morgan fingerprint density at radius 2 is 1.69 bits per heavy atom. The molecule has 0 unspecified atom stereocenters. The summed E-state index contributed by atoms with van der Waals surface area (Å²) in [5.74, 6) is 0. The van der Waals surface area contributed by atoms with Gasteiger partial charge in [-0.15, -0.1) is 0 Å². The summed E-state index contributed by atoms with van der Waals surface area (Å²) in [6.45, 7) is 14.2. The van der Waals surface area contributed by atoms with E-state index >= 15 is 0 Å². The van der Waals surface area contributed by atoms with E-state index in [-0.39, 0.29) is 0 Å². The minimum Gasteiger partial charge on any atom is -0.309 e. The highest BCUT2D eigenvalue weighted by atomic mass is 15.3. The van der Waals surface area contributed by atoms with Crippen LogP contribution in [0.4, 0.5) is 0 Å². The molecule has 0 aromatic carbocycles. The van der Waals surface area contributed by atoms with Crippen molar-refractivity contribution in [3.05, 3.63) is 0 Å². The van der Waals surface area contributed by atoms with E-state index in [0.717, 1.165) is 6.04 Å². The lowest BCUT2D eigenvalue weighted by atomic mass is 10.1. The molecule has 3 nitrogen and oxygen atoms in total. The van der Waals surface area contributed by atoms with E-state index < -0.39 is 0 Å². The molecular weight excluding hydrogens is 198 g/mol. The largest absolute Gasteiger partial charge is 0.309 e. The molecule has 16 heavy (non-hydrogen) atoms. The van der Waals surface area contributed by atoms with Crippen molar-refractivity contribution >= 4 is 0 Å². The highest BCUT2D eigenvalue weighted by Gasteiger charge is 2.32. The van der Waals surface area contributed by atoms with Crippen molar-refractivity contribution in [2.45, 2.75) is 58.3 Å². The van der Waals surface area contributed by atoms with Crippen LogP contribution in [0.25, 0.3) is 0 Å². The summed E-state index contributed by atoms with van der Waals surface area (Å²) in [5.41, 5.74) is 0. The van der Waals surface area contributed by atoms with Gasteiger partial charge in [-0.2, -0.15) is 0 Å². The van der Waals surface area contributed by atoms with Crippen molar-refractivity contribution in [2.75, 3.05) is 26.2 Å². The molecule has 2 rings (SSSR count). The van der Waals surface area contributed by atoms with Crippen LogP contribution < -0.4 is 5.32 Å². The number of likely N-dealkylation sites (tertiary alicyclic amines) is 1. The summed E-state index contributed by atoms with van der Waals surface area (Å²) in [5, 5.41) is 3.61. The molecule has 2 aliphatic rings. The maximum atomic E-state index is 3.61.